The minimum absolute atomic E-state index is 0.624. The molecule has 0 bridgehead atoms. The van der Waals surface area contributed by atoms with Gasteiger partial charge in [0.25, 0.3) is 0 Å². The molecule has 6 heteroatoms. The minimum Gasteiger partial charge on any atom is -0.373 e. The van der Waals surface area contributed by atoms with Crippen molar-refractivity contribution in [2.75, 3.05) is 33.0 Å². The molecule has 0 unspecified atom stereocenters. The fourth-order valence-electron chi connectivity index (χ4n) is 1.98. The van der Waals surface area contributed by atoms with E-state index in [2.05, 4.69) is 29.5 Å². The van der Waals surface area contributed by atoms with Crippen molar-refractivity contribution in [3.8, 4) is 0 Å². The molecule has 19 heavy (non-hydrogen) atoms. The van der Waals surface area contributed by atoms with Crippen molar-refractivity contribution < 1.29 is 13.3 Å². The zero-order valence-electron chi connectivity index (χ0n) is 12.3. The summed E-state index contributed by atoms with van der Waals surface area (Å²) in [5.41, 5.74) is 0. The van der Waals surface area contributed by atoms with E-state index in [0.29, 0.717) is 19.8 Å². The van der Waals surface area contributed by atoms with Crippen molar-refractivity contribution in [1.82, 2.24) is 4.90 Å². The van der Waals surface area contributed by atoms with Gasteiger partial charge in [-0.1, -0.05) is 6.07 Å². The first kappa shape index (κ1) is 16.8. The maximum Gasteiger partial charge on any atom is 0.515 e. The lowest BCUT2D eigenvalue weighted by molar-refractivity contribution is 0.0590. The molecule has 1 aromatic rings. The molecule has 0 aromatic carbocycles. The molecule has 0 aliphatic heterocycles. The van der Waals surface area contributed by atoms with Crippen molar-refractivity contribution in [3.05, 3.63) is 22.4 Å². The Labute approximate surface area is 121 Å². The normalized spacial score (nSPS) is 12.3. The summed E-state index contributed by atoms with van der Waals surface area (Å²) in [6, 6.07) is 4.22. The van der Waals surface area contributed by atoms with Gasteiger partial charge in [-0.2, -0.15) is 0 Å². The molecule has 0 fully saturated rings. The van der Waals surface area contributed by atoms with Gasteiger partial charge in [-0.3, -0.25) is 4.90 Å². The van der Waals surface area contributed by atoms with Crippen LogP contribution in [0.4, 0.5) is 0 Å². The molecule has 0 aliphatic carbocycles. The first-order chi connectivity index (χ1) is 9.15. The van der Waals surface area contributed by atoms with Gasteiger partial charge in [0.05, 0.1) is 6.17 Å². The highest BCUT2D eigenvalue weighted by Gasteiger charge is 2.41. The second kappa shape index (κ2) is 8.83. The van der Waals surface area contributed by atoms with E-state index in [1.54, 1.807) is 11.3 Å². The molecule has 0 radical (unpaired) electrons. The monoisotopic (exact) mass is 303 g/mol. The summed E-state index contributed by atoms with van der Waals surface area (Å²) in [5, 5.41) is 2.10. The molecule has 0 saturated heterocycles. The summed E-state index contributed by atoms with van der Waals surface area (Å²) >= 11 is 1.77. The van der Waals surface area contributed by atoms with Crippen LogP contribution >= 0.6 is 11.3 Å². The van der Waals surface area contributed by atoms with Crippen LogP contribution in [0.25, 0.3) is 0 Å². The molecule has 0 saturated carbocycles. The molecular weight excluding hydrogens is 278 g/mol. The Hall–Kier alpha value is -0.243. The van der Waals surface area contributed by atoms with Gasteiger partial charge in [-0.15, -0.1) is 11.3 Å². The van der Waals surface area contributed by atoms with Crippen LogP contribution in [0.5, 0.6) is 0 Å². The maximum atomic E-state index is 5.86. The lowest BCUT2D eigenvalue weighted by atomic mass is 10.4. The van der Waals surface area contributed by atoms with E-state index in [4.69, 9.17) is 13.3 Å². The Bertz CT molecular complexity index is 318. The van der Waals surface area contributed by atoms with Gasteiger partial charge in [0.15, 0.2) is 0 Å². The standard InChI is InChI=1S/C13H25NO3SSi/c1-5-15-19(16-6-2,17-7-3)12-14(4)11-13-9-8-10-18-13/h8-10H,5-7,11-12H2,1-4H3. The van der Waals surface area contributed by atoms with Gasteiger partial charge in [0.1, 0.15) is 0 Å². The maximum absolute atomic E-state index is 5.86. The van der Waals surface area contributed by atoms with E-state index >= 15 is 0 Å². The van der Waals surface area contributed by atoms with Crippen molar-refractivity contribution in [3.63, 3.8) is 0 Å². The summed E-state index contributed by atoms with van der Waals surface area (Å²) in [6.07, 6.45) is 0.723. The van der Waals surface area contributed by atoms with Crippen LogP contribution in [0.2, 0.25) is 0 Å². The van der Waals surface area contributed by atoms with Crippen molar-refractivity contribution in [1.29, 1.82) is 0 Å². The predicted molar refractivity (Wildman–Crippen MR) is 81.3 cm³/mol. The Kier molecular flexibility index (Phi) is 7.82. The van der Waals surface area contributed by atoms with Crippen LogP contribution in [0.3, 0.4) is 0 Å². The SMILES string of the molecule is CCO[Si](CN(C)Cc1cccs1)(OCC)OCC. The number of thiophene rings is 1. The van der Waals surface area contributed by atoms with Crippen molar-refractivity contribution in [2.45, 2.75) is 27.3 Å². The molecule has 4 nitrogen and oxygen atoms in total. The van der Waals surface area contributed by atoms with Crippen molar-refractivity contribution >= 4 is 20.1 Å². The lowest BCUT2D eigenvalue weighted by Crippen LogP contribution is -2.54. The molecule has 0 atom stereocenters. The summed E-state index contributed by atoms with van der Waals surface area (Å²) in [7, 11) is -0.480. The fraction of sp³-hybridized carbons (Fsp3) is 0.692. The second-order valence-electron chi connectivity index (χ2n) is 4.23. The molecule has 1 rings (SSSR count). The summed E-state index contributed by atoms with van der Waals surface area (Å²) in [5.74, 6) is 0. The third-order valence-corrected chi connectivity index (χ3v) is 6.54. The Balaban J connectivity index is 2.63. The van der Waals surface area contributed by atoms with E-state index in [9.17, 15) is 0 Å². The van der Waals surface area contributed by atoms with Crippen LogP contribution in [-0.4, -0.2) is 46.7 Å². The zero-order chi connectivity index (χ0) is 14.1. The van der Waals surface area contributed by atoms with Crippen molar-refractivity contribution in [2.24, 2.45) is 0 Å². The van der Waals surface area contributed by atoms with Crippen LogP contribution in [0, 0.1) is 0 Å². The van der Waals surface area contributed by atoms with Crippen LogP contribution < -0.4 is 0 Å². The van der Waals surface area contributed by atoms with E-state index < -0.39 is 8.80 Å². The Morgan fingerprint density at radius 2 is 1.68 bits per heavy atom. The summed E-state index contributed by atoms with van der Waals surface area (Å²) in [4.78, 5) is 3.56. The zero-order valence-corrected chi connectivity index (χ0v) is 14.2. The first-order valence-electron chi connectivity index (χ1n) is 6.78. The van der Waals surface area contributed by atoms with Gasteiger partial charge in [-0.05, 0) is 39.3 Å². The Morgan fingerprint density at radius 1 is 1.11 bits per heavy atom. The molecule has 110 valence electrons. The third-order valence-electron chi connectivity index (χ3n) is 2.56. The molecule has 0 amide bonds. The molecule has 1 aromatic heterocycles. The van der Waals surface area contributed by atoms with Gasteiger partial charge >= 0.3 is 8.80 Å². The van der Waals surface area contributed by atoms with E-state index in [1.807, 2.05) is 20.8 Å². The van der Waals surface area contributed by atoms with Gasteiger partial charge < -0.3 is 13.3 Å². The number of rotatable bonds is 10. The Morgan fingerprint density at radius 3 is 2.11 bits per heavy atom. The number of hydrogen-bond donors (Lipinski definition) is 0. The molecule has 0 spiro atoms. The molecular formula is C13H25NO3SSi. The smallest absolute Gasteiger partial charge is 0.373 e. The molecule has 0 aliphatic rings. The van der Waals surface area contributed by atoms with Crippen LogP contribution in [-0.2, 0) is 19.8 Å². The number of nitrogens with zero attached hydrogens (tertiary/aromatic N) is 1. The minimum atomic E-state index is -2.56. The second-order valence-corrected chi connectivity index (χ2v) is 7.81. The highest BCUT2D eigenvalue weighted by Crippen LogP contribution is 2.15. The van der Waals surface area contributed by atoms with Crippen LogP contribution in [0.1, 0.15) is 25.6 Å². The number of hydrogen-bond acceptors (Lipinski definition) is 5. The molecule has 0 N–H and O–H groups in total. The lowest BCUT2D eigenvalue weighted by Gasteiger charge is -2.31. The highest BCUT2D eigenvalue weighted by molar-refractivity contribution is 7.09. The highest BCUT2D eigenvalue weighted by atomic mass is 32.1. The van der Waals surface area contributed by atoms with E-state index in [0.717, 1.165) is 12.7 Å². The van der Waals surface area contributed by atoms with E-state index in [1.165, 1.54) is 4.88 Å². The average Bonchev–Trinajstić information content (AvgIpc) is 2.82. The summed E-state index contributed by atoms with van der Waals surface area (Å²) < 4.78 is 17.6. The predicted octanol–water partition coefficient (Wildman–Crippen LogP) is 2.77. The first-order valence-corrected chi connectivity index (χ1v) is 9.59. The molecule has 1 heterocycles. The largest absolute Gasteiger partial charge is 0.515 e. The fourth-order valence-corrected chi connectivity index (χ4v) is 5.38. The van der Waals surface area contributed by atoms with Gasteiger partial charge in [0, 0.05) is 31.2 Å². The average molecular weight is 304 g/mol. The van der Waals surface area contributed by atoms with E-state index in [-0.39, 0.29) is 0 Å². The van der Waals surface area contributed by atoms with Crippen LogP contribution in [0.15, 0.2) is 17.5 Å². The third kappa shape index (κ3) is 5.72. The van der Waals surface area contributed by atoms with Gasteiger partial charge in [0.2, 0.25) is 0 Å². The quantitative estimate of drug-likeness (QED) is 0.622. The topological polar surface area (TPSA) is 30.9 Å². The summed E-state index contributed by atoms with van der Waals surface area (Å²) in [6.45, 7) is 8.73. The van der Waals surface area contributed by atoms with Gasteiger partial charge in [-0.25, -0.2) is 0 Å².